The van der Waals surface area contributed by atoms with Crippen molar-refractivity contribution in [1.29, 1.82) is 0 Å². The predicted octanol–water partition coefficient (Wildman–Crippen LogP) is 5.97. The molecular formula is C32H41N5O2. The number of benzene rings is 1. The lowest BCUT2D eigenvalue weighted by atomic mass is 9.85. The van der Waals surface area contributed by atoms with Crippen LogP contribution in [0.3, 0.4) is 0 Å². The molecule has 7 heteroatoms. The van der Waals surface area contributed by atoms with E-state index in [0.717, 1.165) is 72.9 Å². The molecule has 3 fully saturated rings. The van der Waals surface area contributed by atoms with Crippen molar-refractivity contribution in [2.24, 2.45) is 11.3 Å². The summed E-state index contributed by atoms with van der Waals surface area (Å²) in [5, 5.41) is 4.50. The second-order valence-electron chi connectivity index (χ2n) is 12.2. The van der Waals surface area contributed by atoms with Crippen LogP contribution in [0, 0.1) is 11.3 Å². The van der Waals surface area contributed by atoms with E-state index in [0.29, 0.717) is 30.7 Å². The topological polar surface area (TPSA) is 91.0 Å². The van der Waals surface area contributed by atoms with Gasteiger partial charge in [0, 0.05) is 48.0 Å². The van der Waals surface area contributed by atoms with Crippen LogP contribution in [0.1, 0.15) is 89.4 Å². The molecule has 7 nitrogen and oxygen atoms in total. The van der Waals surface area contributed by atoms with Gasteiger partial charge in [0.1, 0.15) is 11.6 Å². The number of carbonyl (C=O) groups excluding carboxylic acids is 2. The summed E-state index contributed by atoms with van der Waals surface area (Å²) in [5.74, 6) is 1.46. The quantitative estimate of drug-likeness (QED) is 0.300. The van der Waals surface area contributed by atoms with Crippen LogP contribution < -0.4 is 5.32 Å². The summed E-state index contributed by atoms with van der Waals surface area (Å²) in [6, 6.07) is 11.4. The predicted molar refractivity (Wildman–Crippen MR) is 153 cm³/mol. The summed E-state index contributed by atoms with van der Waals surface area (Å²) >= 11 is 0. The Morgan fingerprint density at radius 3 is 2.72 bits per heavy atom. The summed E-state index contributed by atoms with van der Waals surface area (Å²) < 4.78 is 0. The van der Waals surface area contributed by atoms with E-state index in [9.17, 15) is 9.59 Å². The number of nitrogens with zero attached hydrogens (tertiary/aromatic N) is 3. The number of pyridine rings is 1. The van der Waals surface area contributed by atoms with Gasteiger partial charge in [0.05, 0.1) is 23.4 Å². The number of amides is 1. The zero-order valence-electron chi connectivity index (χ0n) is 23.3. The minimum Gasteiger partial charge on any atom is -0.346 e. The van der Waals surface area contributed by atoms with Crippen LogP contribution in [-0.2, 0) is 9.59 Å². The highest BCUT2D eigenvalue weighted by molar-refractivity contribution is 5.84. The first-order valence-corrected chi connectivity index (χ1v) is 14.9. The molecule has 1 saturated carbocycles. The van der Waals surface area contributed by atoms with Gasteiger partial charge in [-0.1, -0.05) is 31.9 Å². The van der Waals surface area contributed by atoms with Gasteiger partial charge in [-0.3, -0.25) is 14.6 Å². The number of aromatic amines is 1. The van der Waals surface area contributed by atoms with Gasteiger partial charge in [-0.05, 0) is 75.6 Å². The number of H-pyrrole nitrogens is 1. The van der Waals surface area contributed by atoms with Crippen LogP contribution in [0.4, 0.5) is 0 Å². The van der Waals surface area contributed by atoms with E-state index in [1.807, 2.05) is 31.5 Å². The number of hydrogen-bond acceptors (Lipinski definition) is 5. The average molecular weight is 528 g/mol. The van der Waals surface area contributed by atoms with Crippen molar-refractivity contribution in [1.82, 2.24) is 25.2 Å². The molecule has 2 N–H and O–H groups in total. The van der Waals surface area contributed by atoms with Crippen LogP contribution in [-0.4, -0.2) is 50.7 Å². The van der Waals surface area contributed by atoms with Crippen molar-refractivity contribution in [3.63, 3.8) is 0 Å². The number of nitrogens with one attached hydrogen (secondary N) is 2. The minimum absolute atomic E-state index is 0.126. The fourth-order valence-corrected chi connectivity index (χ4v) is 7.25. The molecular weight excluding hydrogens is 486 g/mol. The maximum Gasteiger partial charge on any atom is 0.224 e. The Bertz CT molecular complexity index is 1340. The van der Waals surface area contributed by atoms with Crippen molar-refractivity contribution in [3.8, 4) is 11.3 Å². The number of rotatable bonds is 11. The molecule has 1 aromatic carbocycles. The number of fused-ring (bicyclic) bond motifs is 3. The van der Waals surface area contributed by atoms with Gasteiger partial charge in [0.15, 0.2) is 0 Å². The maximum atomic E-state index is 13.6. The molecule has 1 spiro atoms. The normalized spacial score (nSPS) is 26.7. The van der Waals surface area contributed by atoms with Gasteiger partial charge in [-0.2, -0.15) is 0 Å². The third-order valence-corrected chi connectivity index (χ3v) is 9.77. The number of imidazole rings is 1. The fourth-order valence-electron chi connectivity index (χ4n) is 7.25. The number of aromatic nitrogens is 3. The monoisotopic (exact) mass is 527 g/mol. The van der Waals surface area contributed by atoms with E-state index < -0.39 is 0 Å². The van der Waals surface area contributed by atoms with Crippen molar-refractivity contribution >= 4 is 22.6 Å². The van der Waals surface area contributed by atoms with Crippen LogP contribution in [0.5, 0.6) is 0 Å². The largest absolute Gasteiger partial charge is 0.346 e. The van der Waals surface area contributed by atoms with Crippen molar-refractivity contribution in [2.75, 3.05) is 7.05 Å². The Hall–Kier alpha value is -3.06. The molecule has 2 aliphatic heterocycles. The van der Waals surface area contributed by atoms with E-state index in [1.165, 1.54) is 12.8 Å². The molecule has 0 radical (unpaired) electrons. The number of piperidine rings is 1. The van der Waals surface area contributed by atoms with Crippen molar-refractivity contribution in [3.05, 3.63) is 48.5 Å². The fraction of sp³-hybridized carbons (Fsp3) is 0.562. The lowest BCUT2D eigenvalue weighted by Gasteiger charge is -2.37. The molecule has 39 heavy (non-hydrogen) atoms. The molecule has 3 aromatic rings. The first-order chi connectivity index (χ1) is 19.0. The second-order valence-corrected chi connectivity index (χ2v) is 12.2. The molecule has 2 aromatic heterocycles. The number of hydrogen-bond donors (Lipinski definition) is 2. The number of unbranched alkanes of at least 4 members (excludes halogenated alkanes) is 2. The van der Waals surface area contributed by atoms with Crippen LogP contribution >= 0.6 is 0 Å². The van der Waals surface area contributed by atoms with Gasteiger partial charge < -0.3 is 15.2 Å². The number of ketones is 1. The Morgan fingerprint density at radius 2 is 1.92 bits per heavy atom. The highest BCUT2D eigenvalue weighted by atomic mass is 16.2. The van der Waals surface area contributed by atoms with Crippen molar-refractivity contribution < 1.29 is 9.59 Å². The molecule has 6 rings (SSSR count). The Kier molecular flexibility index (Phi) is 7.27. The van der Waals surface area contributed by atoms with Gasteiger partial charge in [-0.25, -0.2) is 4.98 Å². The third kappa shape index (κ3) is 5.38. The SMILES string of the molecule is CCC(=O)CCCCC[C@H](NC(=O)C1CC12CC1CCC(C2)N1C)c1ncc(-c2ccc3ncccc3c2)[nH]1. The maximum absolute atomic E-state index is 13.6. The summed E-state index contributed by atoms with van der Waals surface area (Å²) in [6.07, 6.45) is 14.5. The zero-order valence-corrected chi connectivity index (χ0v) is 23.3. The van der Waals surface area contributed by atoms with Crippen LogP contribution in [0.25, 0.3) is 22.2 Å². The summed E-state index contributed by atoms with van der Waals surface area (Å²) in [5.41, 5.74) is 3.17. The molecule has 206 valence electrons. The smallest absolute Gasteiger partial charge is 0.224 e. The molecule has 1 amide bonds. The van der Waals surface area contributed by atoms with E-state index in [2.05, 4.69) is 45.4 Å². The zero-order chi connectivity index (χ0) is 27.0. The Labute approximate surface area is 231 Å². The Morgan fingerprint density at radius 1 is 1.10 bits per heavy atom. The lowest BCUT2D eigenvalue weighted by Crippen LogP contribution is -2.42. The van der Waals surface area contributed by atoms with Gasteiger partial charge in [-0.15, -0.1) is 0 Å². The number of Topliss-reactive ketones (excluding diaryl/α,β-unsaturated/α-hetero) is 1. The van der Waals surface area contributed by atoms with E-state index in [-0.39, 0.29) is 23.3 Å². The van der Waals surface area contributed by atoms with Crippen LogP contribution in [0.2, 0.25) is 0 Å². The molecule has 2 saturated heterocycles. The summed E-state index contributed by atoms with van der Waals surface area (Å²) in [6.45, 7) is 1.93. The van der Waals surface area contributed by atoms with Gasteiger partial charge in [0.2, 0.25) is 5.91 Å². The molecule has 3 unspecified atom stereocenters. The third-order valence-electron chi connectivity index (χ3n) is 9.77. The van der Waals surface area contributed by atoms with Crippen LogP contribution in [0.15, 0.2) is 42.7 Å². The van der Waals surface area contributed by atoms with E-state index >= 15 is 0 Å². The highest BCUT2D eigenvalue weighted by Gasteiger charge is 2.63. The average Bonchev–Trinajstić information content (AvgIpc) is 3.32. The first-order valence-electron chi connectivity index (χ1n) is 14.9. The summed E-state index contributed by atoms with van der Waals surface area (Å²) in [4.78, 5) is 40.6. The molecule has 4 heterocycles. The Balaban J connectivity index is 1.15. The summed E-state index contributed by atoms with van der Waals surface area (Å²) in [7, 11) is 2.26. The molecule has 3 aliphatic rings. The van der Waals surface area contributed by atoms with E-state index in [4.69, 9.17) is 4.98 Å². The standard InChI is InChI=1S/C32H41N5O2/c1-3-25(38)9-5-4-6-10-28(36-31(39)26-19-32(26)17-23-12-13-24(18-32)37(23)2)30-34-20-29(35-30)22-11-14-27-21(16-22)8-7-15-33-27/h7-8,11,14-16,20,23-24,26,28H,3-6,9-10,12-13,17-19H2,1-2H3,(H,34,35)(H,36,39)/t23?,24?,26?,28-,32?/m0/s1. The lowest BCUT2D eigenvalue weighted by molar-refractivity contribution is -0.124. The van der Waals surface area contributed by atoms with Crippen molar-refractivity contribution in [2.45, 2.75) is 95.7 Å². The number of carbonyl (C=O) groups is 2. The first kappa shape index (κ1) is 26.2. The second kappa shape index (κ2) is 10.8. The minimum atomic E-state index is -0.157. The molecule has 4 atom stereocenters. The van der Waals surface area contributed by atoms with Gasteiger partial charge >= 0.3 is 0 Å². The molecule has 2 bridgehead atoms. The van der Waals surface area contributed by atoms with Gasteiger partial charge in [0.25, 0.3) is 0 Å². The van der Waals surface area contributed by atoms with E-state index in [1.54, 1.807) is 0 Å². The highest BCUT2D eigenvalue weighted by Crippen LogP contribution is 2.64. The molecule has 1 aliphatic carbocycles.